The normalized spacial score (nSPS) is 12.8. The molecule has 0 aromatic heterocycles. The molecule has 0 amide bonds. The number of carbonyl (C=O) groups excluding carboxylic acids is 2. The fourth-order valence-electron chi connectivity index (χ4n) is 3.86. The number of carbonyl (C=O) groups is 2. The first-order valence-corrected chi connectivity index (χ1v) is 11.0. The van der Waals surface area contributed by atoms with Crippen molar-refractivity contribution in [1.82, 2.24) is 0 Å². The molecule has 0 unspecified atom stereocenters. The SMILES string of the molecule is CC(C)c1ccccc1Nc1cc(S(=O)(=O)[O-])c(N)c2c1C(=O)c1ccccc1C2=O.[Na+]. The number of benzene rings is 3. The van der Waals surface area contributed by atoms with Gasteiger partial charge in [0.05, 0.1) is 27.4 Å². The number of ketones is 2. The number of anilines is 3. The monoisotopic (exact) mass is 458 g/mol. The van der Waals surface area contributed by atoms with E-state index in [9.17, 15) is 22.6 Å². The van der Waals surface area contributed by atoms with Crippen LogP contribution in [0.25, 0.3) is 0 Å². The predicted molar refractivity (Wildman–Crippen MR) is 116 cm³/mol. The van der Waals surface area contributed by atoms with Crippen LogP contribution in [0.1, 0.15) is 57.2 Å². The zero-order chi connectivity index (χ0) is 22.5. The van der Waals surface area contributed by atoms with Crippen LogP contribution in [0.4, 0.5) is 17.1 Å². The van der Waals surface area contributed by atoms with E-state index >= 15 is 0 Å². The maximum Gasteiger partial charge on any atom is 1.00 e. The topological polar surface area (TPSA) is 129 Å². The Labute approximate surface area is 208 Å². The summed E-state index contributed by atoms with van der Waals surface area (Å²) in [6.07, 6.45) is 0. The van der Waals surface area contributed by atoms with Gasteiger partial charge in [0.1, 0.15) is 10.1 Å². The van der Waals surface area contributed by atoms with Gasteiger partial charge in [-0.1, -0.05) is 56.3 Å². The molecular weight excluding hydrogens is 439 g/mol. The number of rotatable bonds is 4. The van der Waals surface area contributed by atoms with Crippen LogP contribution in [0.5, 0.6) is 0 Å². The van der Waals surface area contributed by atoms with E-state index in [1.807, 2.05) is 26.0 Å². The number of hydrogen-bond donors (Lipinski definition) is 2. The summed E-state index contributed by atoms with van der Waals surface area (Å²) in [5.41, 5.74) is 7.00. The smallest absolute Gasteiger partial charge is 0.744 e. The van der Waals surface area contributed by atoms with Gasteiger partial charge in [0, 0.05) is 16.8 Å². The van der Waals surface area contributed by atoms with Gasteiger partial charge >= 0.3 is 29.6 Å². The van der Waals surface area contributed by atoms with Crippen LogP contribution in [0.2, 0.25) is 0 Å². The van der Waals surface area contributed by atoms with E-state index in [4.69, 9.17) is 5.73 Å². The summed E-state index contributed by atoms with van der Waals surface area (Å²) in [5, 5.41) is 3.07. The van der Waals surface area contributed by atoms with Gasteiger partial charge in [-0.05, 0) is 23.6 Å². The summed E-state index contributed by atoms with van der Waals surface area (Å²) in [5.74, 6) is -0.959. The summed E-state index contributed by atoms with van der Waals surface area (Å²) < 4.78 is 35.7. The maximum atomic E-state index is 13.3. The molecule has 0 radical (unpaired) electrons. The first-order valence-electron chi connectivity index (χ1n) is 9.58. The molecule has 0 saturated heterocycles. The third kappa shape index (κ3) is 4.00. The van der Waals surface area contributed by atoms with Crippen LogP contribution >= 0.6 is 0 Å². The molecule has 7 nitrogen and oxygen atoms in total. The molecule has 158 valence electrons. The van der Waals surface area contributed by atoms with Gasteiger partial charge in [0.2, 0.25) is 0 Å². The third-order valence-corrected chi connectivity index (χ3v) is 6.20. The Morgan fingerprint density at radius 1 is 0.875 bits per heavy atom. The van der Waals surface area contributed by atoms with E-state index in [2.05, 4.69) is 5.32 Å². The second-order valence-electron chi connectivity index (χ2n) is 7.61. The molecular formula is C23H19N2NaO5S. The van der Waals surface area contributed by atoms with Gasteiger partial charge in [0.25, 0.3) is 0 Å². The third-order valence-electron chi connectivity index (χ3n) is 5.32. The van der Waals surface area contributed by atoms with Crippen LogP contribution < -0.4 is 40.6 Å². The largest absolute Gasteiger partial charge is 1.00 e. The van der Waals surface area contributed by atoms with Gasteiger partial charge in [-0.15, -0.1) is 0 Å². The van der Waals surface area contributed by atoms with Crippen molar-refractivity contribution in [3.8, 4) is 0 Å². The Kier molecular flexibility index (Phi) is 6.65. The van der Waals surface area contributed by atoms with Crippen LogP contribution in [-0.4, -0.2) is 24.5 Å². The summed E-state index contributed by atoms with van der Waals surface area (Å²) in [7, 11) is -5.01. The number of nitrogens with one attached hydrogen (secondary N) is 1. The Morgan fingerprint density at radius 2 is 1.41 bits per heavy atom. The molecule has 1 aliphatic rings. The van der Waals surface area contributed by atoms with Gasteiger partial charge in [-0.3, -0.25) is 9.59 Å². The average Bonchev–Trinajstić information content (AvgIpc) is 2.72. The first-order chi connectivity index (χ1) is 14.6. The van der Waals surface area contributed by atoms with Crippen molar-refractivity contribution < 1.29 is 52.1 Å². The summed E-state index contributed by atoms with van der Waals surface area (Å²) in [6.45, 7) is 3.97. The minimum Gasteiger partial charge on any atom is -0.744 e. The van der Waals surface area contributed by atoms with Crippen molar-refractivity contribution in [2.24, 2.45) is 0 Å². The van der Waals surface area contributed by atoms with Crippen LogP contribution in [0.15, 0.2) is 59.5 Å². The molecule has 3 aromatic rings. The summed E-state index contributed by atoms with van der Waals surface area (Å²) >= 11 is 0. The Hall–Kier alpha value is -2.49. The Morgan fingerprint density at radius 3 is 1.97 bits per heavy atom. The molecule has 0 spiro atoms. The van der Waals surface area contributed by atoms with E-state index in [-0.39, 0.29) is 63.4 Å². The zero-order valence-electron chi connectivity index (χ0n) is 17.8. The van der Waals surface area contributed by atoms with Gasteiger partial charge in [-0.25, -0.2) is 8.42 Å². The molecule has 0 fully saturated rings. The van der Waals surface area contributed by atoms with Crippen molar-refractivity contribution in [2.75, 3.05) is 11.1 Å². The van der Waals surface area contributed by atoms with Crippen molar-refractivity contribution >= 4 is 38.7 Å². The Balaban J connectivity index is 0.00000289. The minimum absolute atomic E-state index is 0. The molecule has 32 heavy (non-hydrogen) atoms. The molecule has 9 heteroatoms. The summed E-state index contributed by atoms with van der Waals surface area (Å²) in [6, 6.07) is 14.6. The van der Waals surface area contributed by atoms with Gasteiger partial charge in [0.15, 0.2) is 11.6 Å². The molecule has 0 aliphatic heterocycles. The summed E-state index contributed by atoms with van der Waals surface area (Å²) in [4.78, 5) is 25.8. The molecule has 0 heterocycles. The van der Waals surface area contributed by atoms with E-state index < -0.39 is 32.3 Å². The first kappa shape index (κ1) is 24.2. The number of fused-ring (bicyclic) bond motifs is 2. The van der Waals surface area contributed by atoms with Gasteiger partial charge in [-0.2, -0.15) is 0 Å². The molecule has 3 aromatic carbocycles. The van der Waals surface area contributed by atoms with Crippen molar-refractivity contribution in [3.05, 3.63) is 82.4 Å². The second-order valence-corrected chi connectivity index (χ2v) is 8.96. The standard InChI is InChI=1S/C23H20N2O5S.Na/c1-12(2)13-7-5-6-10-16(13)25-17-11-18(31(28,29)30)21(24)20-19(17)22(26)14-8-3-4-9-15(14)23(20)27;/h3-12,25H,24H2,1-2H3,(H,28,29,30);/q;+1/p-1. The molecule has 0 atom stereocenters. The Bertz CT molecular complexity index is 1370. The number of nitrogen functional groups attached to an aromatic ring is 1. The predicted octanol–water partition coefficient (Wildman–Crippen LogP) is 0.819. The second kappa shape index (κ2) is 8.80. The maximum absolute atomic E-state index is 13.3. The van der Waals surface area contributed by atoms with Crippen molar-refractivity contribution in [1.29, 1.82) is 0 Å². The molecule has 3 N–H and O–H groups in total. The minimum atomic E-state index is -5.01. The van der Waals surface area contributed by atoms with Crippen molar-refractivity contribution in [2.45, 2.75) is 24.7 Å². The van der Waals surface area contributed by atoms with Crippen molar-refractivity contribution in [3.63, 3.8) is 0 Å². The van der Waals surface area contributed by atoms with E-state index in [1.54, 1.807) is 24.3 Å². The molecule has 0 saturated carbocycles. The zero-order valence-corrected chi connectivity index (χ0v) is 20.6. The average molecular weight is 458 g/mol. The number of hydrogen-bond acceptors (Lipinski definition) is 7. The fourth-order valence-corrected chi connectivity index (χ4v) is 4.49. The quantitative estimate of drug-likeness (QED) is 0.263. The molecule has 0 bridgehead atoms. The van der Waals surface area contributed by atoms with Crippen LogP contribution in [0, 0.1) is 0 Å². The van der Waals surface area contributed by atoms with Crippen LogP contribution in [-0.2, 0) is 10.1 Å². The van der Waals surface area contributed by atoms with Gasteiger partial charge < -0.3 is 15.6 Å². The fraction of sp³-hybridized carbons (Fsp3) is 0.130. The van der Waals surface area contributed by atoms with E-state index in [1.165, 1.54) is 12.1 Å². The van der Waals surface area contributed by atoms with Crippen LogP contribution in [0.3, 0.4) is 0 Å². The molecule has 1 aliphatic carbocycles. The van der Waals surface area contributed by atoms with E-state index in [0.717, 1.165) is 11.6 Å². The number of para-hydroxylation sites is 1. The molecule has 4 rings (SSSR count). The number of nitrogens with two attached hydrogens (primary N) is 1. The van der Waals surface area contributed by atoms with E-state index in [0.29, 0.717) is 5.69 Å².